The van der Waals surface area contributed by atoms with E-state index in [1.165, 1.54) is 0 Å². The van der Waals surface area contributed by atoms with Crippen LogP contribution >= 0.6 is 11.6 Å². The van der Waals surface area contributed by atoms with E-state index in [9.17, 15) is 5.11 Å². The Kier molecular flexibility index (Phi) is 7.61. The maximum atomic E-state index is 9.25. The summed E-state index contributed by atoms with van der Waals surface area (Å²) in [6.07, 6.45) is 3.41. The largest absolute Gasteiger partial charge is 0.392 e. The Labute approximate surface area is 92.6 Å². The van der Waals surface area contributed by atoms with Gasteiger partial charge in [-0.25, -0.2) is 0 Å². The molecule has 0 aliphatic carbocycles. The topological polar surface area (TPSA) is 29.5 Å². The maximum Gasteiger partial charge on any atom is 0.0697 e. The third-order valence-electron chi connectivity index (χ3n) is 2.61. The molecular formula is C11H23ClO2. The number of aliphatic hydroxyl groups is 1. The Morgan fingerprint density at radius 2 is 2.07 bits per heavy atom. The van der Waals surface area contributed by atoms with E-state index < -0.39 is 6.10 Å². The minimum absolute atomic E-state index is 0.0270. The van der Waals surface area contributed by atoms with E-state index in [-0.39, 0.29) is 5.60 Å². The number of hydrogen-bond donors (Lipinski definition) is 1. The second-order valence-corrected chi connectivity index (χ2v) is 4.31. The maximum absolute atomic E-state index is 9.25. The fourth-order valence-electron chi connectivity index (χ4n) is 1.40. The summed E-state index contributed by atoms with van der Waals surface area (Å²) in [5, 5.41) is 9.25. The van der Waals surface area contributed by atoms with E-state index in [1.807, 2.05) is 0 Å². The molecule has 0 aromatic heterocycles. The van der Waals surface area contributed by atoms with Crippen LogP contribution in [-0.4, -0.2) is 29.3 Å². The highest BCUT2D eigenvalue weighted by molar-refractivity contribution is 6.18. The molecular weight excluding hydrogens is 200 g/mol. The van der Waals surface area contributed by atoms with E-state index in [0.29, 0.717) is 18.9 Å². The van der Waals surface area contributed by atoms with Crippen molar-refractivity contribution in [3.63, 3.8) is 0 Å². The second kappa shape index (κ2) is 7.49. The van der Waals surface area contributed by atoms with Crippen molar-refractivity contribution in [3.8, 4) is 0 Å². The lowest BCUT2D eigenvalue weighted by atomic mass is 9.97. The van der Waals surface area contributed by atoms with Crippen LogP contribution in [0.25, 0.3) is 0 Å². The fourth-order valence-corrected chi connectivity index (χ4v) is 1.55. The van der Waals surface area contributed by atoms with Gasteiger partial charge in [-0.2, -0.15) is 0 Å². The van der Waals surface area contributed by atoms with Crippen LogP contribution in [0.5, 0.6) is 0 Å². The summed E-state index contributed by atoms with van der Waals surface area (Å²) in [5.41, 5.74) is -0.0270. The smallest absolute Gasteiger partial charge is 0.0697 e. The Hall–Kier alpha value is 0.210. The molecule has 0 saturated heterocycles. The highest BCUT2D eigenvalue weighted by Gasteiger charge is 2.21. The Balaban J connectivity index is 3.72. The van der Waals surface area contributed by atoms with Crippen molar-refractivity contribution in [1.29, 1.82) is 0 Å². The van der Waals surface area contributed by atoms with Crippen LogP contribution in [-0.2, 0) is 4.74 Å². The zero-order valence-electron chi connectivity index (χ0n) is 9.55. The molecule has 0 aromatic carbocycles. The normalized spacial score (nSPS) is 17.8. The summed E-state index contributed by atoms with van der Waals surface area (Å²) in [5.74, 6) is 0.292. The van der Waals surface area contributed by atoms with Gasteiger partial charge in [-0.1, -0.05) is 20.3 Å². The van der Waals surface area contributed by atoms with Crippen LogP contribution in [0.15, 0.2) is 0 Å². The lowest BCUT2D eigenvalue weighted by Gasteiger charge is -2.28. The van der Waals surface area contributed by atoms with Crippen LogP contribution in [0.2, 0.25) is 0 Å². The molecule has 0 saturated carbocycles. The van der Waals surface area contributed by atoms with E-state index in [4.69, 9.17) is 16.3 Å². The number of aliphatic hydroxyl groups excluding tert-OH is 1. The Bertz CT molecular complexity index is 141. The van der Waals surface area contributed by atoms with Gasteiger partial charge < -0.3 is 9.84 Å². The Morgan fingerprint density at radius 3 is 2.50 bits per heavy atom. The molecule has 0 bridgehead atoms. The van der Waals surface area contributed by atoms with Crippen LogP contribution in [0, 0.1) is 0 Å². The highest BCUT2D eigenvalue weighted by atomic mass is 35.5. The third kappa shape index (κ3) is 5.84. The molecule has 86 valence electrons. The van der Waals surface area contributed by atoms with Gasteiger partial charge in [0.05, 0.1) is 11.7 Å². The standard InChI is InChI=1S/C11H23ClO2/c1-4-7-11(3,5-2)14-8-6-10(13)9-12/h10,13H,4-9H2,1-3H3. The van der Waals surface area contributed by atoms with Crippen molar-refractivity contribution in [1.82, 2.24) is 0 Å². The summed E-state index contributed by atoms with van der Waals surface area (Å²) in [6, 6.07) is 0. The first kappa shape index (κ1) is 14.2. The number of rotatable bonds is 8. The molecule has 2 nitrogen and oxygen atoms in total. The SMILES string of the molecule is CCCC(C)(CC)OCCC(O)CCl. The molecule has 0 amide bonds. The molecule has 0 heterocycles. The lowest BCUT2D eigenvalue weighted by molar-refractivity contribution is -0.0501. The first-order valence-corrected chi connectivity index (χ1v) is 5.99. The van der Waals surface area contributed by atoms with Crippen molar-refractivity contribution in [2.75, 3.05) is 12.5 Å². The second-order valence-electron chi connectivity index (χ2n) is 4.00. The van der Waals surface area contributed by atoms with Crippen molar-refractivity contribution >= 4 is 11.6 Å². The van der Waals surface area contributed by atoms with Crippen molar-refractivity contribution in [2.24, 2.45) is 0 Å². The molecule has 3 heteroatoms. The van der Waals surface area contributed by atoms with Crippen LogP contribution in [0.3, 0.4) is 0 Å². The summed E-state index contributed by atoms with van der Waals surface area (Å²) < 4.78 is 5.77. The molecule has 1 N–H and O–H groups in total. The molecule has 0 aliphatic heterocycles. The zero-order valence-corrected chi connectivity index (χ0v) is 10.3. The number of alkyl halides is 1. The lowest BCUT2D eigenvalue weighted by Crippen LogP contribution is -2.29. The molecule has 14 heavy (non-hydrogen) atoms. The van der Waals surface area contributed by atoms with E-state index in [0.717, 1.165) is 19.3 Å². The molecule has 0 rings (SSSR count). The first-order chi connectivity index (χ1) is 6.58. The molecule has 0 aromatic rings. The molecule has 2 unspecified atom stereocenters. The van der Waals surface area contributed by atoms with Crippen LogP contribution in [0.4, 0.5) is 0 Å². The molecule has 0 fully saturated rings. The van der Waals surface area contributed by atoms with Gasteiger partial charge in [0.1, 0.15) is 0 Å². The van der Waals surface area contributed by atoms with Crippen molar-refractivity contribution < 1.29 is 9.84 Å². The van der Waals surface area contributed by atoms with Gasteiger partial charge in [0.15, 0.2) is 0 Å². The fraction of sp³-hybridized carbons (Fsp3) is 1.00. The van der Waals surface area contributed by atoms with E-state index in [2.05, 4.69) is 20.8 Å². The van der Waals surface area contributed by atoms with Gasteiger partial charge in [0, 0.05) is 12.5 Å². The number of ether oxygens (including phenoxy) is 1. The van der Waals surface area contributed by atoms with Gasteiger partial charge in [-0.15, -0.1) is 11.6 Å². The van der Waals surface area contributed by atoms with Gasteiger partial charge in [0.2, 0.25) is 0 Å². The van der Waals surface area contributed by atoms with E-state index in [1.54, 1.807) is 0 Å². The molecule has 2 atom stereocenters. The van der Waals surface area contributed by atoms with Crippen LogP contribution in [0.1, 0.15) is 46.5 Å². The monoisotopic (exact) mass is 222 g/mol. The average molecular weight is 223 g/mol. The summed E-state index contributed by atoms with van der Waals surface area (Å²) in [4.78, 5) is 0. The number of halogens is 1. The minimum Gasteiger partial charge on any atom is -0.392 e. The summed E-state index contributed by atoms with van der Waals surface area (Å²) >= 11 is 5.49. The van der Waals surface area contributed by atoms with Crippen molar-refractivity contribution in [2.45, 2.75) is 58.2 Å². The minimum atomic E-state index is -0.431. The highest BCUT2D eigenvalue weighted by Crippen LogP contribution is 2.21. The molecule has 0 aliphatic rings. The quantitative estimate of drug-likeness (QED) is 0.640. The Morgan fingerprint density at radius 1 is 1.43 bits per heavy atom. The van der Waals surface area contributed by atoms with Crippen LogP contribution < -0.4 is 0 Å². The van der Waals surface area contributed by atoms with Crippen molar-refractivity contribution in [3.05, 3.63) is 0 Å². The third-order valence-corrected chi connectivity index (χ3v) is 2.96. The molecule has 0 spiro atoms. The average Bonchev–Trinajstić information content (AvgIpc) is 2.18. The summed E-state index contributed by atoms with van der Waals surface area (Å²) in [6.45, 7) is 7.01. The predicted octanol–water partition coefficient (Wildman–Crippen LogP) is 2.96. The predicted molar refractivity (Wildman–Crippen MR) is 60.9 cm³/mol. The van der Waals surface area contributed by atoms with E-state index >= 15 is 0 Å². The summed E-state index contributed by atoms with van der Waals surface area (Å²) in [7, 11) is 0. The first-order valence-electron chi connectivity index (χ1n) is 5.46. The molecule has 0 radical (unpaired) electrons. The van der Waals surface area contributed by atoms with Gasteiger partial charge in [0.25, 0.3) is 0 Å². The van der Waals surface area contributed by atoms with Gasteiger partial charge in [-0.05, 0) is 26.2 Å². The zero-order chi connectivity index (χ0) is 11.0. The van der Waals surface area contributed by atoms with Gasteiger partial charge in [-0.3, -0.25) is 0 Å². The number of hydrogen-bond acceptors (Lipinski definition) is 2. The van der Waals surface area contributed by atoms with Gasteiger partial charge >= 0.3 is 0 Å².